The minimum atomic E-state index is 1.15. The van der Waals surface area contributed by atoms with Crippen molar-refractivity contribution >= 4 is 59.9 Å². The zero-order valence-electron chi connectivity index (χ0n) is 27.2. The Hall–Kier alpha value is -6.64. The summed E-state index contributed by atoms with van der Waals surface area (Å²) in [4.78, 5) is 0. The van der Waals surface area contributed by atoms with Crippen molar-refractivity contribution in [1.82, 2.24) is 8.97 Å². The largest absolute Gasteiger partial charge is 0.309 e. The zero-order chi connectivity index (χ0) is 32.8. The van der Waals surface area contributed by atoms with Crippen LogP contribution in [-0.2, 0) is 0 Å². The molecular weight excluding hydrogens is 605 g/mol. The third kappa shape index (κ3) is 3.73. The Balaban J connectivity index is 1.31. The van der Waals surface area contributed by atoms with E-state index in [1.807, 2.05) is 0 Å². The molecule has 0 saturated heterocycles. The van der Waals surface area contributed by atoms with E-state index < -0.39 is 0 Å². The lowest BCUT2D eigenvalue weighted by Crippen LogP contribution is -1.95. The summed E-state index contributed by atoms with van der Waals surface area (Å²) in [5, 5.41) is 7.70. The van der Waals surface area contributed by atoms with E-state index in [9.17, 15) is 0 Å². The Bertz CT molecular complexity index is 3070. The molecule has 11 aromatic rings. The predicted octanol–water partition coefficient (Wildman–Crippen LogP) is 12.9. The predicted molar refractivity (Wildman–Crippen MR) is 212 cm³/mol. The summed E-state index contributed by atoms with van der Waals surface area (Å²) in [7, 11) is 0. The number of para-hydroxylation sites is 2. The number of fused-ring (bicyclic) bond motifs is 6. The molecule has 8 aromatic carbocycles. The van der Waals surface area contributed by atoms with Crippen LogP contribution in [0.4, 0.5) is 0 Å². The molecule has 0 aliphatic carbocycles. The fourth-order valence-electron chi connectivity index (χ4n) is 8.60. The molecule has 50 heavy (non-hydrogen) atoms. The number of nitrogens with zero attached hydrogens (tertiary/aromatic N) is 2. The third-order valence-corrected chi connectivity index (χ3v) is 10.7. The maximum absolute atomic E-state index is 2.52. The molecule has 0 amide bonds. The van der Waals surface area contributed by atoms with Crippen LogP contribution in [0.3, 0.4) is 0 Å². The van der Waals surface area contributed by atoms with E-state index in [0.717, 1.165) is 5.69 Å². The summed E-state index contributed by atoms with van der Waals surface area (Å²) < 4.78 is 5.01. The van der Waals surface area contributed by atoms with Crippen LogP contribution in [0.15, 0.2) is 182 Å². The van der Waals surface area contributed by atoms with Gasteiger partial charge in [-0.3, -0.25) is 0 Å². The summed E-state index contributed by atoms with van der Waals surface area (Å²) in [6.45, 7) is 0. The van der Waals surface area contributed by atoms with Crippen molar-refractivity contribution in [2.24, 2.45) is 0 Å². The highest BCUT2D eigenvalue weighted by Gasteiger charge is 2.24. The quantitative estimate of drug-likeness (QED) is 0.182. The fourth-order valence-corrected chi connectivity index (χ4v) is 8.60. The van der Waals surface area contributed by atoms with Crippen molar-refractivity contribution in [3.63, 3.8) is 0 Å². The summed E-state index contributed by atoms with van der Waals surface area (Å²) in [5.41, 5.74) is 14.7. The molecule has 0 aliphatic rings. The van der Waals surface area contributed by atoms with Gasteiger partial charge in [-0.1, -0.05) is 146 Å². The lowest BCUT2D eigenvalue weighted by Gasteiger charge is -2.14. The maximum Gasteiger partial charge on any atom is 0.0641 e. The number of hydrogen-bond donors (Lipinski definition) is 0. The molecule has 3 heterocycles. The van der Waals surface area contributed by atoms with Gasteiger partial charge in [0.1, 0.15) is 0 Å². The van der Waals surface area contributed by atoms with Crippen LogP contribution in [-0.4, -0.2) is 8.97 Å². The Labute approximate surface area is 289 Å². The topological polar surface area (TPSA) is 9.34 Å². The SMILES string of the molecule is c1ccc(-c2ccccc2-c2cccc(-n3c4ccc(-c5ccccc5)c5c6ccccc6n6c7ccccc7c7ccc3c(c54)c76)c2)cc1. The molecule has 232 valence electrons. The molecule has 3 aromatic heterocycles. The molecule has 0 saturated carbocycles. The van der Waals surface area contributed by atoms with Gasteiger partial charge in [0.05, 0.1) is 27.6 Å². The van der Waals surface area contributed by atoms with E-state index in [1.165, 1.54) is 93.3 Å². The van der Waals surface area contributed by atoms with Crippen LogP contribution in [0.1, 0.15) is 0 Å². The molecule has 0 spiro atoms. The smallest absolute Gasteiger partial charge is 0.0641 e. The van der Waals surface area contributed by atoms with Crippen LogP contribution < -0.4 is 0 Å². The second kappa shape index (κ2) is 10.4. The third-order valence-electron chi connectivity index (χ3n) is 10.7. The van der Waals surface area contributed by atoms with Gasteiger partial charge in [0.15, 0.2) is 0 Å². The van der Waals surface area contributed by atoms with Gasteiger partial charge < -0.3 is 8.97 Å². The van der Waals surface area contributed by atoms with Gasteiger partial charge in [0.2, 0.25) is 0 Å². The minimum Gasteiger partial charge on any atom is -0.309 e. The normalized spacial score (nSPS) is 12.0. The molecule has 0 fully saturated rings. The first-order chi connectivity index (χ1) is 24.8. The molecule has 0 bridgehead atoms. The van der Waals surface area contributed by atoms with E-state index in [-0.39, 0.29) is 0 Å². The van der Waals surface area contributed by atoms with E-state index in [0.29, 0.717) is 0 Å². The molecule has 0 atom stereocenters. The van der Waals surface area contributed by atoms with Gasteiger partial charge in [-0.25, -0.2) is 0 Å². The molecular formula is C48H30N2. The lowest BCUT2D eigenvalue weighted by molar-refractivity contribution is 1.18. The van der Waals surface area contributed by atoms with E-state index >= 15 is 0 Å². The Morgan fingerprint density at radius 3 is 1.62 bits per heavy atom. The lowest BCUT2D eigenvalue weighted by atomic mass is 9.94. The van der Waals surface area contributed by atoms with Gasteiger partial charge in [-0.2, -0.15) is 0 Å². The summed E-state index contributed by atoms with van der Waals surface area (Å²) in [6, 6.07) is 66.6. The van der Waals surface area contributed by atoms with E-state index in [1.54, 1.807) is 0 Å². The second-order valence-electron chi connectivity index (χ2n) is 13.3. The van der Waals surface area contributed by atoms with Crippen molar-refractivity contribution < 1.29 is 0 Å². The number of aromatic nitrogens is 2. The van der Waals surface area contributed by atoms with Crippen molar-refractivity contribution in [2.75, 3.05) is 0 Å². The minimum absolute atomic E-state index is 1.15. The van der Waals surface area contributed by atoms with Crippen molar-refractivity contribution in [3.05, 3.63) is 182 Å². The molecule has 2 heteroatoms. The molecule has 0 radical (unpaired) electrons. The van der Waals surface area contributed by atoms with Gasteiger partial charge in [-0.05, 0) is 69.8 Å². The zero-order valence-corrected chi connectivity index (χ0v) is 27.2. The first-order valence-electron chi connectivity index (χ1n) is 17.3. The van der Waals surface area contributed by atoms with Gasteiger partial charge in [0.25, 0.3) is 0 Å². The number of rotatable bonds is 4. The average Bonchev–Trinajstić information content (AvgIpc) is 3.66. The van der Waals surface area contributed by atoms with Crippen molar-refractivity contribution in [2.45, 2.75) is 0 Å². The highest BCUT2D eigenvalue weighted by atomic mass is 15.0. The molecule has 0 aliphatic heterocycles. The van der Waals surface area contributed by atoms with E-state index in [4.69, 9.17) is 0 Å². The number of hydrogen-bond acceptors (Lipinski definition) is 0. The first-order valence-corrected chi connectivity index (χ1v) is 17.3. The average molecular weight is 635 g/mol. The van der Waals surface area contributed by atoms with Gasteiger partial charge >= 0.3 is 0 Å². The summed E-state index contributed by atoms with van der Waals surface area (Å²) in [5.74, 6) is 0. The van der Waals surface area contributed by atoms with Crippen molar-refractivity contribution in [3.8, 4) is 39.1 Å². The first kappa shape index (κ1) is 27.3. The standard InChI is InChI=1S/C48H30N2/c1-3-14-31(15-4-1)35-20-7-8-21-36(35)33-18-13-19-34(30-33)49-43-28-26-37(32-16-5-2-6-17-32)45-40-23-10-12-25-42(40)50-41-24-11-9-22-38(41)39-27-29-44(49)47(46(43)45)48(39)50/h1-30H. The molecule has 2 nitrogen and oxygen atoms in total. The van der Waals surface area contributed by atoms with Crippen LogP contribution in [0.2, 0.25) is 0 Å². The Morgan fingerprint density at radius 1 is 0.300 bits per heavy atom. The fraction of sp³-hybridized carbons (Fsp3) is 0. The van der Waals surface area contributed by atoms with Gasteiger partial charge in [-0.15, -0.1) is 0 Å². The summed E-state index contributed by atoms with van der Waals surface area (Å²) >= 11 is 0. The van der Waals surface area contributed by atoms with Crippen molar-refractivity contribution in [1.29, 1.82) is 0 Å². The number of benzene rings is 8. The highest BCUT2D eigenvalue weighted by molar-refractivity contribution is 6.35. The van der Waals surface area contributed by atoms with Crippen LogP contribution in [0.5, 0.6) is 0 Å². The molecule has 11 rings (SSSR count). The Kier molecular flexibility index (Phi) is 5.70. The Morgan fingerprint density at radius 2 is 0.860 bits per heavy atom. The molecule has 0 unspecified atom stereocenters. The highest BCUT2D eigenvalue weighted by Crippen LogP contribution is 2.48. The van der Waals surface area contributed by atoms with Gasteiger partial charge in [0, 0.05) is 38.0 Å². The van der Waals surface area contributed by atoms with Crippen LogP contribution >= 0.6 is 0 Å². The monoisotopic (exact) mass is 634 g/mol. The molecule has 0 N–H and O–H groups in total. The van der Waals surface area contributed by atoms with E-state index in [2.05, 4.69) is 191 Å². The maximum atomic E-state index is 2.52. The summed E-state index contributed by atoms with van der Waals surface area (Å²) in [6.07, 6.45) is 0. The van der Waals surface area contributed by atoms with Crippen LogP contribution in [0, 0.1) is 0 Å². The second-order valence-corrected chi connectivity index (χ2v) is 13.3. The van der Waals surface area contributed by atoms with Crippen LogP contribution in [0.25, 0.3) is 99.0 Å².